The van der Waals surface area contributed by atoms with Crippen molar-refractivity contribution < 1.29 is 25.1 Å². The summed E-state index contributed by atoms with van der Waals surface area (Å²) in [6.45, 7) is 1.46. The Morgan fingerprint density at radius 3 is 2.44 bits per heavy atom. The summed E-state index contributed by atoms with van der Waals surface area (Å²) in [6, 6.07) is 4.88. The fourth-order valence-corrected chi connectivity index (χ4v) is 1.36. The molecule has 88 valence electrons. The maximum Gasteiger partial charge on any atom is 0.161 e. The Balaban J connectivity index is 3.28. The average molecular weight is 225 g/mol. The van der Waals surface area contributed by atoms with Crippen LogP contribution in [-0.2, 0) is 10.3 Å². The minimum atomic E-state index is -1.35. The van der Waals surface area contributed by atoms with Gasteiger partial charge in [-0.3, -0.25) is 0 Å². The maximum absolute atomic E-state index is 11.0. The van der Waals surface area contributed by atoms with Gasteiger partial charge in [0, 0.05) is 13.0 Å². The molecule has 3 N–H and O–H groups in total. The number of quaternary nitrogens is 1. The molecule has 5 nitrogen and oxygen atoms in total. The zero-order valence-corrected chi connectivity index (χ0v) is 9.57. The zero-order valence-electron chi connectivity index (χ0n) is 9.57. The van der Waals surface area contributed by atoms with E-state index < -0.39 is 11.5 Å². The molecule has 0 saturated carbocycles. The normalized spacial score (nSPS) is 14.0. The third kappa shape index (κ3) is 2.09. The monoisotopic (exact) mass is 225 g/mol. The highest BCUT2D eigenvalue weighted by atomic mass is 16.5. The van der Waals surface area contributed by atoms with Crippen LogP contribution >= 0.6 is 0 Å². The lowest BCUT2D eigenvalue weighted by Crippen LogP contribution is -2.75. The van der Waals surface area contributed by atoms with Crippen molar-refractivity contribution in [1.29, 1.82) is 0 Å². The highest BCUT2D eigenvalue weighted by molar-refractivity contribution is 5.77. The molecule has 0 aliphatic rings. The quantitative estimate of drug-likeness (QED) is 0.705. The molecule has 0 unspecified atom stereocenters. The zero-order chi connectivity index (χ0) is 12.3. The highest BCUT2D eigenvalue weighted by Crippen LogP contribution is 2.30. The molecule has 5 heteroatoms. The molecule has 1 aromatic rings. The summed E-state index contributed by atoms with van der Waals surface area (Å²) < 4.78 is 10.1. The molecule has 0 spiro atoms. The second kappa shape index (κ2) is 4.40. The fourth-order valence-electron chi connectivity index (χ4n) is 1.36. The van der Waals surface area contributed by atoms with Gasteiger partial charge in [-0.25, -0.2) is 0 Å². The summed E-state index contributed by atoms with van der Waals surface area (Å²) in [5.41, 5.74) is 2.73. The number of hydrogen-bond acceptors (Lipinski definition) is 4. The van der Waals surface area contributed by atoms with Gasteiger partial charge in [0.1, 0.15) is 17.5 Å². The smallest absolute Gasteiger partial charge is 0.161 e. The van der Waals surface area contributed by atoms with E-state index in [1.165, 1.54) is 21.1 Å². The van der Waals surface area contributed by atoms with Crippen LogP contribution in [0.25, 0.3) is 0 Å². The average Bonchev–Trinajstić information content (AvgIpc) is 2.27. The molecule has 1 aromatic carbocycles. The second-order valence-corrected chi connectivity index (χ2v) is 3.69. The van der Waals surface area contributed by atoms with Crippen molar-refractivity contribution in [3.63, 3.8) is 0 Å². The number of rotatable bonds is 4. The summed E-state index contributed by atoms with van der Waals surface area (Å²) >= 11 is 0. The molecule has 0 radical (unpaired) electrons. The third-order valence-electron chi connectivity index (χ3n) is 2.45. The van der Waals surface area contributed by atoms with E-state index in [9.17, 15) is 9.90 Å². The molecule has 1 rings (SSSR count). The van der Waals surface area contributed by atoms with Crippen LogP contribution in [0.3, 0.4) is 0 Å². The summed E-state index contributed by atoms with van der Waals surface area (Å²) in [6.07, 6.45) is 0. The lowest BCUT2D eigenvalue weighted by Gasteiger charge is -2.24. The van der Waals surface area contributed by atoms with Crippen molar-refractivity contribution in [2.24, 2.45) is 0 Å². The van der Waals surface area contributed by atoms with E-state index in [4.69, 9.17) is 9.47 Å². The van der Waals surface area contributed by atoms with Crippen molar-refractivity contribution in [2.75, 3.05) is 14.2 Å². The molecular formula is C11H15NO4. The van der Waals surface area contributed by atoms with Crippen LogP contribution < -0.4 is 20.3 Å². The molecule has 0 bridgehead atoms. The maximum atomic E-state index is 11.0. The predicted octanol–water partition coefficient (Wildman–Crippen LogP) is -1.09. The van der Waals surface area contributed by atoms with Crippen molar-refractivity contribution in [1.82, 2.24) is 0 Å². The van der Waals surface area contributed by atoms with E-state index in [1.54, 1.807) is 18.2 Å². The second-order valence-electron chi connectivity index (χ2n) is 3.69. The summed E-state index contributed by atoms with van der Waals surface area (Å²) in [7, 11) is 2.99. The summed E-state index contributed by atoms with van der Waals surface area (Å²) in [5.74, 6) is -0.244. The first-order valence-corrected chi connectivity index (χ1v) is 4.72. The number of aliphatic carboxylic acids is 1. The molecule has 0 aromatic heterocycles. The number of carbonyl (C=O) groups excluding carboxylic acids is 1. The van der Waals surface area contributed by atoms with Gasteiger partial charge in [-0.15, -0.1) is 0 Å². The molecule has 16 heavy (non-hydrogen) atoms. The number of carbonyl (C=O) groups is 1. The van der Waals surface area contributed by atoms with Crippen molar-refractivity contribution >= 4 is 5.97 Å². The molecule has 0 aliphatic carbocycles. The van der Waals surface area contributed by atoms with Gasteiger partial charge in [0.2, 0.25) is 0 Å². The van der Waals surface area contributed by atoms with Crippen LogP contribution in [0.5, 0.6) is 11.5 Å². The molecule has 0 saturated heterocycles. The molecule has 0 amide bonds. The van der Waals surface area contributed by atoms with Crippen LogP contribution in [0.2, 0.25) is 0 Å². The third-order valence-corrected chi connectivity index (χ3v) is 2.45. The van der Waals surface area contributed by atoms with Crippen LogP contribution in [0.15, 0.2) is 18.2 Å². The van der Waals surface area contributed by atoms with Gasteiger partial charge in [0.05, 0.1) is 19.8 Å². The Morgan fingerprint density at radius 2 is 2.00 bits per heavy atom. The number of hydrogen-bond donors (Lipinski definition) is 1. The van der Waals surface area contributed by atoms with Gasteiger partial charge in [-0.05, 0) is 12.1 Å². The van der Waals surface area contributed by atoms with Gasteiger partial charge < -0.3 is 25.1 Å². The number of carboxylic acid groups (broad SMARTS) is 1. The predicted molar refractivity (Wildman–Crippen MR) is 54.8 cm³/mol. The first-order chi connectivity index (χ1) is 7.43. The molecule has 1 atom stereocenters. The standard InChI is InChI=1S/C11H15NO4/c1-11(12,10(13)14)8-5-4-7(15-2)6-9(8)16-3/h4-6H,12H2,1-3H3,(H,13,14)/t11-/m0/s1. The lowest BCUT2D eigenvalue weighted by molar-refractivity contribution is -0.489. The van der Waals surface area contributed by atoms with E-state index >= 15 is 0 Å². The lowest BCUT2D eigenvalue weighted by atomic mass is 9.92. The molecule has 0 aliphatic heterocycles. The van der Waals surface area contributed by atoms with Gasteiger partial charge in [0.15, 0.2) is 5.54 Å². The van der Waals surface area contributed by atoms with E-state index in [1.807, 2.05) is 0 Å². The largest absolute Gasteiger partial charge is 0.543 e. The molecular weight excluding hydrogens is 210 g/mol. The Bertz CT molecular complexity index is 401. The highest BCUT2D eigenvalue weighted by Gasteiger charge is 2.31. The minimum Gasteiger partial charge on any atom is -0.543 e. The van der Waals surface area contributed by atoms with Gasteiger partial charge >= 0.3 is 0 Å². The minimum absolute atomic E-state index is 0.418. The van der Waals surface area contributed by atoms with Crippen molar-refractivity contribution in [2.45, 2.75) is 12.5 Å². The van der Waals surface area contributed by atoms with Crippen LogP contribution in [0, 0.1) is 0 Å². The topological polar surface area (TPSA) is 86.2 Å². The van der Waals surface area contributed by atoms with Crippen molar-refractivity contribution in [3.8, 4) is 11.5 Å². The van der Waals surface area contributed by atoms with E-state index in [-0.39, 0.29) is 0 Å². The number of methoxy groups -OCH3 is 2. The molecule has 0 heterocycles. The van der Waals surface area contributed by atoms with E-state index in [2.05, 4.69) is 5.73 Å². The van der Waals surface area contributed by atoms with Crippen LogP contribution in [0.1, 0.15) is 12.5 Å². The Labute approximate surface area is 93.8 Å². The van der Waals surface area contributed by atoms with E-state index in [0.717, 1.165) is 0 Å². The van der Waals surface area contributed by atoms with Crippen molar-refractivity contribution in [3.05, 3.63) is 23.8 Å². The Kier molecular flexibility index (Phi) is 3.39. The summed E-state index contributed by atoms with van der Waals surface area (Å²) in [5, 5.41) is 11.0. The first kappa shape index (κ1) is 12.3. The van der Waals surface area contributed by atoms with Crippen LogP contribution in [0.4, 0.5) is 0 Å². The van der Waals surface area contributed by atoms with Gasteiger partial charge in [-0.2, -0.15) is 0 Å². The Hall–Kier alpha value is -1.75. The van der Waals surface area contributed by atoms with Gasteiger partial charge in [-0.1, -0.05) is 0 Å². The van der Waals surface area contributed by atoms with Gasteiger partial charge in [0.25, 0.3) is 0 Å². The molecule has 0 fully saturated rings. The van der Waals surface area contributed by atoms with Crippen LogP contribution in [-0.4, -0.2) is 20.2 Å². The SMILES string of the molecule is COc1ccc([C@](C)([NH3+])C(=O)[O-])c(OC)c1. The number of ether oxygens (including phenoxy) is 2. The summed E-state index contributed by atoms with van der Waals surface area (Å²) in [4.78, 5) is 11.0. The fraction of sp³-hybridized carbons (Fsp3) is 0.364. The first-order valence-electron chi connectivity index (χ1n) is 4.72. The number of carboxylic acids is 1. The number of benzene rings is 1. The van der Waals surface area contributed by atoms with E-state index in [0.29, 0.717) is 17.1 Å². The Morgan fingerprint density at radius 1 is 1.38 bits per heavy atom.